The van der Waals surface area contributed by atoms with Crippen LogP contribution >= 0.6 is 23.5 Å². The molecule has 102 valence electrons. The number of carbonyl (C=O) groups is 1. The number of rotatable bonds is 3. The maximum Gasteiger partial charge on any atom is 0.338 e. The lowest BCUT2D eigenvalue weighted by Crippen LogP contribution is -2.18. The van der Waals surface area contributed by atoms with Crippen LogP contribution in [-0.2, 0) is 8.87 Å². The van der Waals surface area contributed by atoms with Gasteiger partial charge in [0.1, 0.15) is 5.75 Å². The molecule has 0 unspecified atom stereocenters. The highest BCUT2D eigenvalue weighted by atomic mass is 32.2. The van der Waals surface area contributed by atoms with Crippen molar-refractivity contribution in [2.24, 2.45) is 0 Å². The highest BCUT2D eigenvalue weighted by Gasteiger charge is 2.30. The van der Waals surface area contributed by atoms with Gasteiger partial charge in [0.2, 0.25) is 0 Å². The first-order valence-electron chi connectivity index (χ1n) is 6.27. The van der Waals surface area contributed by atoms with Crippen molar-refractivity contribution < 1.29 is 9.53 Å². The maximum absolute atomic E-state index is 11.5. The van der Waals surface area contributed by atoms with Crippen LogP contribution in [0.1, 0.15) is 25.8 Å². The molecule has 1 aliphatic heterocycles. The van der Waals surface area contributed by atoms with E-state index in [0.717, 1.165) is 0 Å². The van der Waals surface area contributed by atoms with E-state index >= 15 is 0 Å². The van der Waals surface area contributed by atoms with Crippen LogP contribution in [0.25, 0.3) is 0 Å². The summed E-state index contributed by atoms with van der Waals surface area (Å²) in [6.07, 6.45) is 1.26. The molecule has 1 heterocycles. The lowest BCUT2D eigenvalue weighted by molar-refractivity contribution is -0.130. The molecule has 0 aromatic heterocycles. The minimum Gasteiger partial charge on any atom is -0.423 e. The number of esters is 1. The Morgan fingerprint density at radius 1 is 1.37 bits per heavy atom. The molecule has 0 bridgehead atoms. The van der Waals surface area contributed by atoms with Crippen LogP contribution in [0.2, 0.25) is 0 Å². The van der Waals surface area contributed by atoms with Gasteiger partial charge in [-0.1, -0.05) is 18.7 Å². The van der Waals surface area contributed by atoms with Gasteiger partial charge in [0.15, 0.2) is 0 Å². The van der Waals surface area contributed by atoms with Gasteiger partial charge in [-0.3, -0.25) is 0 Å². The van der Waals surface area contributed by atoms with E-state index in [1.807, 2.05) is 41.7 Å². The first-order valence-corrected chi connectivity index (χ1v) is 8.24. The molecule has 19 heavy (non-hydrogen) atoms. The highest BCUT2D eigenvalue weighted by molar-refractivity contribution is 8.18. The molecule has 4 heteroatoms. The first-order chi connectivity index (χ1) is 9.01. The molecular weight excluding hydrogens is 276 g/mol. The Labute approximate surface area is 123 Å². The average molecular weight is 294 g/mol. The molecular formula is C15H18O2S2. The predicted octanol–water partition coefficient (Wildman–Crippen LogP) is 4.21. The number of ether oxygens (including phenoxy) is 1. The average Bonchev–Trinajstić information content (AvgIpc) is 2.40. The van der Waals surface area contributed by atoms with Gasteiger partial charge in [-0.05, 0) is 49.5 Å². The molecule has 1 aromatic carbocycles. The van der Waals surface area contributed by atoms with Gasteiger partial charge in [-0.15, -0.1) is 23.5 Å². The van der Waals surface area contributed by atoms with Gasteiger partial charge in [-0.2, -0.15) is 0 Å². The van der Waals surface area contributed by atoms with Crippen LogP contribution in [0.5, 0.6) is 5.75 Å². The number of hydrogen-bond donors (Lipinski definition) is 0. The molecule has 0 atom stereocenters. The Morgan fingerprint density at radius 2 is 2.05 bits per heavy atom. The van der Waals surface area contributed by atoms with Gasteiger partial charge in [0, 0.05) is 5.57 Å². The van der Waals surface area contributed by atoms with Crippen molar-refractivity contribution >= 4 is 29.5 Å². The van der Waals surface area contributed by atoms with Crippen molar-refractivity contribution in [3.05, 3.63) is 42.0 Å². The summed E-state index contributed by atoms with van der Waals surface area (Å²) >= 11 is 3.91. The summed E-state index contributed by atoms with van der Waals surface area (Å²) in [5.74, 6) is 2.59. The third-order valence-electron chi connectivity index (χ3n) is 2.96. The lowest BCUT2D eigenvalue weighted by atomic mass is 10.1. The second kappa shape index (κ2) is 6.06. The number of hydrogen-bond acceptors (Lipinski definition) is 4. The van der Waals surface area contributed by atoms with Crippen LogP contribution in [0.4, 0.5) is 0 Å². The van der Waals surface area contributed by atoms with E-state index in [2.05, 4.69) is 19.6 Å². The fraction of sp³-hybridized carbons (Fsp3) is 0.400. The quantitative estimate of drug-likeness (QED) is 0.474. The minimum atomic E-state index is -0.369. The second-order valence-electron chi connectivity index (χ2n) is 4.69. The van der Waals surface area contributed by atoms with E-state index in [4.69, 9.17) is 4.74 Å². The van der Waals surface area contributed by atoms with Crippen molar-refractivity contribution in [2.75, 3.05) is 11.5 Å². The smallest absolute Gasteiger partial charge is 0.338 e. The number of carbonyl (C=O) groups excluding carboxylic acids is 1. The van der Waals surface area contributed by atoms with Crippen molar-refractivity contribution in [2.45, 2.75) is 24.3 Å². The van der Waals surface area contributed by atoms with Crippen LogP contribution < -0.4 is 4.74 Å². The third kappa shape index (κ3) is 3.57. The van der Waals surface area contributed by atoms with Gasteiger partial charge in [-0.25, -0.2) is 4.79 Å². The van der Waals surface area contributed by atoms with Crippen LogP contribution in [0.3, 0.4) is 0 Å². The summed E-state index contributed by atoms with van der Waals surface area (Å²) < 4.78 is 5.35. The van der Waals surface area contributed by atoms with Crippen molar-refractivity contribution in [3.8, 4) is 5.75 Å². The molecule has 1 aromatic rings. The second-order valence-corrected chi connectivity index (χ2v) is 7.98. The summed E-state index contributed by atoms with van der Waals surface area (Å²) in [6, 6.07) is 7.82. The number of benzene rings is 1. The Bertz CT molecular complexity index is 491. The van der Waals surface area contributed by atoms with E-state index in [1.54, 1.807) is 6.92 Å². The molecule has 1 saturated heterocycles. The molecule has 0 N–H and O–H groups in total. The largest absolute Gasteiger partial charge is 0.423 e. The Balaban J connectivity index is 2.19. The molecule has 2 nitrogen and oxygen atoms in total. The molecule has 0 saturated carbocycles. The van der Waals surface area contributed by atoms with Gasteiger partial charge in [0.05, 0.1) is 4.08 Å². The predicted molar refractivity (Wildman–Crippen MR) is 83.8 cm³/mol. The van der Waals surface area contributed by atoms with Gasteiger partial charge >= 0.3 is 5.97 Å². The zero-order valence-corrected chi connectivity index (χ0v) is 12.9. The Kier molecular flexibility index (Phi) is 4.63. The Hall–Kier alpha value is -0.870. The van der Waals surface area contributed by atoms with Crippen molar-refractivity contribution in [1.29, 1.82) is 0 Å². The standard InChI is InChI=1S/C15H18O2S2/c1-11(2)14(16)17-13-7-4-6-12(10-13)15(3)18-8-5-9-19-15/h4,6-7,10H,1,5,8-9H2,2-3H3. The van der Waals surface area contributed by atoms with Crippen LogP contribution in [0.15, 0.2) is 36.4 Å². The lowest BCUT2D eigenvalue weighted by Gasteiger charge is -2.33. The molecule has 2 rings (SSSR count). The molecule has 0 amide bonds. The summed E-state index contributed by atoms with van der Waals surface area (Å²) in [5, 5.41) is 0. The van der Waals surface area contributed by atoms with E-state index in [-0.39, 0.29) is 10.0 Å². The van der Waals surface area contributed by atoms with E-state index in [0.29, 0.717) is 11.3 Å². The maximum atomic E-state index is 11.5. The summed E-state index contributed by atoms with van der Waals surface area (Å²) in [7, 11) is 0. The molecule has 0 radical (unpaired) electrons. The number of thioether (sulfide) groups is 2. The minimum absolute atomic E-state index is 0.0594. The Morgan fingerprint density at radius 3 is 2.68 bits per heavy atom. The van der Waals surface area contributed by atoms with Crippen molar-refractivity contribution in [3.63, 3.8) is 0 Å². The molecule has 0 spiro atoms. The monoisotopic (exact) mass is 294 g/mol. The van der Waals surface area contributed by atoms with E-state index in [9.17, 15) is 4.79 Å². The topological polar surface area (TPSA) is 26.3 Å². The summed E-state index contributed by atoms with van der Waals surface area (Å²) in [6.45, 7) is 7.48. The first kappa shape index (κ1) is 14.5. The van der Waals surface area contributed by atoms with Gasteiger partial charge < -0.3 is 4.74 Å². The van der Waals surface area contributed by atoms with Crippen molar-refractivity contribution in [1.82, 2.24) is 0 Å². The zero-order valence-electron chi connectivity index (χ0n) is 11.3. The van der Waals surface area contributed by atoms with E-state index < -0.39 is 0 Å². The molecule has 0 aliphatic carbocycles. The normalized spacial score (nSPS) is 17.8. The fourth-order valence-electron chi connectivity index (χ4n) is 1.84. The zero-order chi connectivity index (χ0) is 13.9. The van der Waals surface area contributed by atoms with Gasteiger partial charge in [0.25, 0.3) is 0 Å². The highest BCUT2D eigenvalue weighted by Crippen LogP contribution is 2.50. The third-order valence-corrected chi connectivity index (χ3v) is 6.23. The molecule has 1 fully saturated rings. The summed E-state index contributed by atoms with van der Waals surface area (Å²) in [4.78, 5) is 11.5. The van der Waals surface area contributed by atoms with Crippen LogP contribution in [-0.4, -0.2) is 17.5 Å². The van der Waals surface area contributed by atoms with Crippen LogP contribution in [0, 0.1) is 0 Å². The molecule has 1 aliphatic rings. The SMILES string of the molecule is C=C(C)C(=O)Oc1cccc(C2(C)SCCCS2)c1. The fourth-order valence-corrected chi connectivity index (χ4v) is 4.80. The van der Waals surface area contributed by atoms with E-state index in [1.165, 1.54) is 23.5 Å². The summed E-state index contributed by atoms with van der Waals surface area (Å²) in [5.41, 5.74) is 1.62.